The number of pyridine rings is 1. The number of carbonyl (C=O) groups is 1. The quantitative estimate of drug-likeness (QED) is 0.0702. The van der Waals surface area contributed by atoms with Crippen molar-refractivity contribution in [1.82, 2.24) is 9.88 Å². The summed E-state index contributed by atoms with van der Waals surface area (Å²) in [6.07, 6.45) is 47.7. The average Bonchev–Trinajstić information content (AvgIpc) is 3.07. The number of hydrogen-bond acceptors (Lipinski definition) is 2. The van der Waals surface area contributed by atoms with Gasteiger partial charge in [-0.2, -0.15) is 0 Å². The van der Waals surface area contributed by atoms with Gasteiger partial charge in [0.2, 0.25) is 0 Å². The van der Waals surface area contributed by atoms with Gasteiger partial charge in [0, 0.05) is 31.0 Å². The van der Waals surface area contributed by atoms with Gasteiger partial charge in [-0.15, -0.1) is 0 Å². The molecule has 0 N–H and O–H groups in total. The van der Waals surface area contributed by atoms with E-state index in [1.165, 1.54) is 193 Å². The minimum Gasteiger partial charge on any atom is -0.339 e. The molecular formula is C42H78N2O. The molecule has 0 aliphatic carbocycles. The molecule has 1 aromatic heterocycles. The Kier molecular flexibility index (Phi) is 31.4. The second-order valence-electron chi connectivity index (χ2n) is 14.1. The molecule has 45 heavy (non-hydrogen) atoms. The second-order valence-corrected chi connectivity index (χ2v) is 14.1. The first kappa shape index (κ1) is 41.6. The lowest BCUT2D eigenvalue weighted by Gasteiger charge is -2.23. The van der Waals surface area contributed by atoms with E-state index < -0.39 is 0 Å². The lowest BCUT2D eigenvalue weighted by atomic mass is 10.0. The van der Waals surface area contributed by atoms with Crippen molar-refractivity contribution in [3.63, 3.8) is 0 Å². The summed E-state index contributed by atoms with van der Waals surface area (Å²) in [6, 6.07) is 3.74. The number of aromatic nitrogens is 1. The third-order valence-electron chi connectivity index (χ3n) is 9.78. The summed E-state index contributed by atoms with van der Waals surface area (Å²) < 4.78 is 0. The van der Waals surface area contributed by atoms with Gasteiger partial charge in [0.15, 0.2) is 0 Å². The highest BCUT2D eigenvalue weighted by Crippen LogP contribution is 2.16. The van der Waals surface area contributed by atoms with Gasteiger partial charge in [-0.3, -0.25) is 9.78 Å². The van der Waals surface area contributed by atoms with Crippen LogP contribution in [0.25, 0.3) is 0 Å². The van der Waals surface area contributed by atoms with Gasteiger partial charge in [0.25, 0.3) is 5.91 Å². The van der Waals surface area contributed by atoms with E-state index in [1.807, 2.05) is 12.1 Å². The minimum absolute atomic E-state index is 0.194. The number of rotatable bonds is 35. The molecule has 0 radical (unpaired) electrons. The van der Waals surface area contributed by atoms with Crippen LogP contribution in [0.3, 0.4) is 0 Å². The predicted molar refractivity (Wildman–Crippen MR) is 199 cm³/mol. The SMILES string of the molecule is CCCCCCCCCCCCCCCCCCN(CCCCCCCCCCCCCCCCCC)C(=O)c1ccncc1. The molecule has 262 valence electrons. The number of carbonyl (C=O) groups excluding carboxylic acids is 1. The smallest absolute Gasteiger partial charge is 0.253 e. The molecule has 0 aliphatic heterocycles. The summed E-state index contributed by atoms with van der Waals surface area (Å²) >= 11 is 0. The van der Waals surface area contributed by atoms with Gasteiger partial charge in [0.1, 0.15) is 0 Å². The van der Waals surface area contributed by atoms with Crippen molar-refractivity contribution in [2.24, 2.45) is 0 Å². The lowest BCUT2D eigenvalue weighted by Crippen LogP contribution is -2.33. The van der Waals surface area contributed by atoms with Crippen molar-refractivity contribution in [2.45, 2.75) is 219 Å². The summed E-state index contributed by atoms with van der Waals surface area (Å²) in [5.74, 6) is 0.194. The first-order chi connectivity index (χ1) is 22.3. The molecule has 0 aliphatic rings. The Bertz CT molecular complexity index is 685. The molecule has 0 fully saturated rings. The Labute approximate surface area is 282 Å². The topological polar surface area (TPSA) is 33.2 Å². The Morgan fingerprint density at radius 1 is 0.422 bits per heavy atom. The van der Waals surface area contributed by atoms with E-state index in [1.54, 1.807) is 12.4 Å². The fourth-order valence-electron chi connectivity index (χ4n) is 6.69. The van der Waals surface area contributed by atoms with Crippen molar-refractivity contribution in [2.75, 3.05) is 13.1 Å². The van der Waals surface area contributed by atoms with Crippen molar-refractivity contribution in [3.8, 4) is 0 Å². The fraction of sp³-hybridized carbons (Fsp3) is 0.857. The maximum Gasteiger partial charge on any atom is 0.253 e. The van der Waals surface area contributed by atoms with Crippen LogP contribution >= 0.6 is 0 Å². The zero-order valence-corrected chi connectivity index (χ0v) is 30.7. The summed E-state index contributed by atoms with van der Waals surface area (Å²) in [6.45, 7) is 6.39. The van der Waals surface area contributed by atoms with Crippen molar-refractivity contribution < 1.29 is 4.79 Å². The Balaban J connectivity index is 2.05. The van der Waals surface area contributed by atoms with Gasteiger partial charge < -0.3 is 4.90 Å². The third kappa shape index (κ3) is 27.4. The monoisotopic (exact) mass is 627 g/mol. The highest BCUT2D eigenvalue weighted by atomic mass is 16.2. The highest BCUT2D eigenvalue weighted by Gasteiger charge is 2.15. The molecule has 3 nitrogen and oxygen atoms in total. The van der Waals surface area contributed by atoms with Gasteiger partial charge in [-0.1, -0.05) is 206 Å². The zero-order chi connectivity index (χ0) is 32.3. The van der Waals surface area contributed by atoms with E-state index in [0.717, 1.165) is 31.5 Å². The highest BCUT2D eigenvalue weighted by molar-refractivity contribution is 5.94. The molecule has 0 bridgehead atoms. The van der Waals surface area contributed by atoms with Gasteiger partial charge >= 0.3 is 0 Å². The standard InChI is InChI=1S/C42H78N2O/c1-3-5-7-9-11-13-15-17-19-21-23-25-27-29-31-33-39-44(42(45)41-35-37-43-38-36-41)40-34-32-30-28-26-24-22-20-18-16-14-12-10-8-6-4-2/h35-38H,3-34,39-40H2,1-2H3. The van der Waals surface area contributed by atoms with Crippen LogP contribution in [0, 0.1) is 0 Å². The predicted octanol–water partition coefficient (Wildman–Crippen LogP) is 14.0. The third-order valence-corrected chi connectivity index (χ3v) is 9.78. The largest absolute Gasteiger partial charge is 0.339 e. The Hall–Kier alpha value is -1.38. The molecule has 0 aromatic carbocycles. The van der Waals surface area contributed by atoms with Crippen LogP contribution in [0.4, 0.5) is 0 Å². The van der Waals surface area contributed by atoms with E-state index in [4.69, 9.17) is 0 Å². The fourth-order valence-corrected chi connectivity index (χ4v) is 6.69. The maximum absolute atomic E-state index is 13.2. The van der Waals surface area contributed by atoms with Crippen LogP contribution in [-0.4, -0.2) is 28.9 Å². The number of amides is 1. The summed E-state index contributed by atoms with van der Waals surface area (Å²) in [4.78, 5) is 19.5. The molecule has 1 aromatic rings. The van der Waals surface area contributed by atoms with Crippen LogP contribution in [0.1, 0.15) is 230 Å². The minimum atomic E-state index is 0.194. The molecule has 1 amide bonds. The molecular weight excluding hydrogens is 548 g/mol. The second kappa shape index (κ2) is 34.0. The van der Waals surface area contributed by atoms with Crippen LogP contribution in [-0.2, 0) is 0 Å². The Morgan fingerprint density at radius 3 is 0.933 bits per heavy atom. The molecule has 3 heteroatoms. The molecule has 0 saturated carbocycles. The summed E-state index contributed by atoms with van der Waals surface area (Å²) in [5.41, 5.74) is 0.790. The molecule has 0 unspecified atom stereocenters. The summed E-state index contributed by atoms with van der Waals surface area (Å²) in [7, 11) is 0. The van der Waals surface area contributed by atoms with Gasteiger partial charge in [0.05, 0.1) is 0 Å². The number of nitrogens with zero attached hydrogens (tertiary/aromatic N) is 2. The molecule has 1 rings (SSSR count). The van der Waals surface area contributed by atoms with Gasteiger partial charge in [-0.25, -0.2) is 0 Å². The average molecular weight is 627 g/mol. The van der Waals surface area contributed by atoms with E-state index in [-0.39, 0.29) is 5.91 Å². The van der Waals surface area contributed by atoms with Gasteiger partial charge in [-0.05, 0) is 25.0 Å². The molecule has 1 heterocycles. The van der Waals surface area contributed by atoms with Crippen molar-refractivity contribution in [3.05, 3.63) is 30.1 Å². The van der Waals surface area contributed by atoms with E-state index in [2.05, 4.69) is 23.7 Å². The normalized spacial score (nSPS) is 11.3. The zero-order valence-electron chi connectivity index (χ0n) is 30.7. The van der Waals surface area contributed by atoms with Crippen molar-refractivity contribution in [1.29, 1.82) is 0 Å². The lowest BCUT2D eigenvalue weighted by molar-refractivity contribution is 0.0749. The van der Waals surface area contributed by atoms with E-state index in [9.17, 15) is 4.79 Å². The number of hydrogen-bond donors (Lipinski definition) is 0. The number of unbranched alkanes of at least 4 members (excludes halogenated alkanes) is 30. The maximum atomic E-state index is 13.2. The van der Waals surface area contributed by atoms with Crippen LogP contribution in [0.2, 0.25) is 0 Å². The summed E-state index contributed by atoms with van der Waals surface area (Å²) in [5, 5.41) is 0. The van der Waals surface area contributed by atoms with Crippen LogP contribution in [0.15, 0.2) is 24.5 Å². The van der Waals surface area contributed by atoms with Crippen molar-refractivity contribution >= 4 is 5.91 Å². The van der Waals surface area contributed by atoms with E-state index >= 15 is 0 Å². The first-order valence-corrected chi connectivity index (χ1v) is 20.5. The molecule has 0 saturated heterocycles. The first-order valence-electron chi connectivity index (χ1n) is 20.5. The van der Waals surface area contributed by atoms with Crippen LogP contribution < -0.4 is 0 Å². The molecule has 0 spiro atoms. The van der Waals surface area contributed by atoms with E-state index in [0.29, 0.717) is 0 Å². The van der Waals surface area contributed by atoms with Crippen LogP contribution in [0.5, 0.6) is 0 Å². The molecule has 0 atom stereocenters. The Morgan fingerprint density at radius 2 is 0.667 bits per heavy atom.